The average Bonchev–Trinajstić information content (AvgIpc) is 2.35. The van der Waals surface area contributed by atoms with E-state index < -0.39 is 0 Å². The fourth-order valence-corrected chi connectivity index (χ4v) is 2.97. The number of hydrogen-bond acceptors (Lipinski definition) is 2. The van der Waals surface area contributed by atoms with Crippen molar-refractivity contribution in [2.75, 3.05) is 11.9 Å². The summed E-state index contributed by atoms with van der Waals surface area (Å²) in [4.78, 5) is 0. The Kier molecular flexibility index (Phi) is 4.63. The van der Waals surface area contributed by atoms with E-state index in [1.54, 1.807) is 0 Å². The second-order valence-electron chi connectivity index (χ2n) is 5.71. The normalized spacial score (nSPS) is 12.3. The van der Waals surface area contributed by atoms with Gasteiger partial charge in [0.2, 0.25) is 0 Å². The van der Waals surface area contributed by atoms with Crippen LogP contribution in [0.2, 0.25) is 0 Å². The molecule has 3 heteroatoms. The first-order valence-electron chi connectivity index (χ1n) is 7.13. The topological polar surface area (TPSA) is 32.3 Å². The van der Waals surface area contributed by atoms with Gasteiger partial charge in [-0.3, -0.25) is 0 Å². The second kappa shape index (κ2) is 6.27. The molecule has 2 aromatic carbocycles. The van der Waals surface area contributed by atoms with Gasteiger partial charge in [0.25, 0.3) is 0 Å². The number of rotatable bonds is 4. The summed E-state index contributed by atoms with van der Waals surface area (Å²) in [5.74, 6) is -0.272. The maximum absolute atomic E-state index is 13.5. The molecule has 0 aliphatic heterocycles. The lowest BCUT2D eigenvalue weighted by atomic mass is 9.94. The molecule has 0 saturated heterocycles. The van der Waals surface area contributed by atoms with Gasteiger partial charge in [0.05, 0.1) is 12.6 Å². The molecular weight excluding hydrogens is 265 g/mol. The predicted molar refractivity (Wildman–Crippen MR) is 85.2 cm³/mol. The first kappa shape index (κ1) is 15.5. The van der Waals surface area contributed by atoms with Crippen molar-refractivity contribution in [3.05, 3.63) is 64.0 Å². The molecule has 0 heterocycles. The number of anilines is 1. The molecule has 0 aliphatic carbocycles. The summed E-state index contributed by atoms with van der Waals surface area (Å²) in [6.45, 7) is 7.94. The van der Waals surface area contributed by atoms with Crippen LogP contribution < -0.4 is 5.32 Å². The van der Waals surface area contributed by atoms with Crippen LogP contribution in [0.1, 0.15) is 33.9 Å². The zero-order valence-electron chi connectivity index (χ0n) is 13.0. The van der Waals surface area contributed by atoms with Crippen molar-refractivity contribution >= 4 is 5.69 Å². The minimum atomic E-state index is -0.272. The Balaban J connectivity index is 2.36. The molecule has 1 atom stereocenters. The first-order chi connectivity index (χ1) is 9.90. The number of aliphatic hydroxyl groups is 1. The number of benzene rings is 2. The molecule has 0 spiro atoms. The van der Waals surface area contributed by atoms with Crippen LogP contribution in [-0.2, 0) is 0 Å². The van der Waals surface area contributed by atoms with E-state index in [0.717, 1.165) is 22.3 Å². The minimum absolute atomic E-state index is 0.0414. The summed E-state index contributed by atoms with van der Waals surface area (Å²) < 4.78 is 13.5. The monoisotopic (exact) mass is 287 g/mol. The van der Waals surface area contributed by atoms with Crippen LogP contribution in [-0.4, -0.2) is 11.7 Å². The van der Waals surface area contributed by atoms with Crippen molar-refractivity contribution < 1.29 is 9.50 Å². The van der Waals surface area contributed by atoms with E-state index in [1.165, 1.54) is 17.7 Å². The van der Waals surface area contributed by atoms with E-state index in [2.05, 4.69) is 24.4 Å². The molecule has 0 amide bonds. The summed E-state index contributed by atoms with van der Waals surface area (Å²) >= 11 is 0. The fourth-order valence-electron chi connectivity index (χ4n) is 2.97. The molecule has 2 N–H and O–H groups in total. The van der Waals surface area contributed by atoms with Crippen molar-refractivity contribution in [3.8, 4) is 0 Å². The molecule has 1 unspecified atom stereocenters. The Morgan fingerprint density at radius 3 is 2.05 bits per heavy atom. The lowest BCUT2D eigenvalue weighted by molar-refractivity contribution is 0.275. The first-order valence-corrected chi connectivity index (χ1v) is 7.13. The summed E-state index contributed by atoms with van der Waals surface area (Å²) in [5, 5.41) is 13.0. The van der Waals surface area contributed by atoms with E-state index >= 15 is 0 Å². The van der Waals surface area contributed by atoms with Gasteiger partial charge in [0, 0.05) is 5.69 Å². The quantitative estimate of drug-likeness (QED) is 0.883. The van der Waals surface area contributed by atoms with Crippen molar-refractivity contribution in [1.29, 1.82) is 0 Å². The van der Waals surface area contributed by atoms with Crippen molar-refractivity contribution in [2.24, 2.45) is 0 Å². The van der Waals surface area contributed by atoms with Crippen LogP contribution in [0.15, 0.2) is 30.3 Å². The van der Waals surface area contributed by atoms with E-state index in [1.807, 2.05) is 26.8 Å². The maximum Gasteiger partial charge on any atom is 0.125 e. The van der Waals surface area contributed by atoms with Crippen LogP contribution in [0.25, 0.3) is 0 Å². The van der Waals surface area contributed by atoms with Crippen LogP contribution in [0.5, 0.6) is 0 Å². The molecule has 0 bridgehead atoms. The third-order valence-electron chi connectivity index (χ3n) is 3.65. The summed E-state index contributed by atoms with van der Waals surface area (Å²) in [6.07, 6.45) is 0. The minimum Gasteiger partial charge on any atom is -0.394 e. The number of nitrogens with one attached hydrogen (secondary N) is 1. The molecule has 0 fully saturated rings. The zero-order chi connectivity index (χ0) is 15.6. The molecule has 2 nitrogen and oxygen atoms in total. The van der Waals surface area contributed by atoms with E-state index in [4.69, 9.17) is 0 Å². The molecular formula is C18H22FNO. The Morgan fingerprint density at radius 2 is 1.52 bits per heavy atom. The third kappa shape index (κ3) is 3.61. The largest absolute Gasteiger partial charge is 0.394 e. The molecule has 21 heavy (non-hydrogen) atoms. The summed E-state index contributed by atoms with van der Waals surface area (Å²) in [6, 6.07) is 8.78. The van der Waals surface area contributed by atoms with Crippen LogP contribution in [0, 0.1) is 33.5 Å². The van der Waals surface area contributed by atoms with Gasteiger partial charge in [0.15, 0.2) is 0 Å². The van der Waals surface area contributed by atoms with Crippen molar-refractivity contribution in [2.45, 2.75) is 33.7 Å². The van der Waals surface area contributed by atoms with Gasteiger partial charge in [-0.25, -0.2) is 4.39 Å². The van der Waals surface area contributed by atoms with Crippen LogP contribution in [0.4, 0.5) is 10.1 Å². The van der Waals surface area contributed by atoms with Crippen molar-refractivity contribution in [3.63, 3.8) is 0 Å². The van der Waals surface area contributed by atoms with Gasteiger partial charge < -0.3 is 10.4 Å². The molecule has 0 aromatic heterocycles. The molecule has 0 saturated carbocycles. The van der Waals surface area contributed by atoms with Crippen molar-refractivity contribution in [1.82, 2.24) is 0 Å². The highest BCUT2D eigenvalue weighted by atomic mass is 19.1. The lowest BCUT2D eigenvalue weighted by Gasteiger charge is -2.23. The average molecular weight is 287 g/mol. The summed E-state index contributed by atoms with van der Waals surface area (Å²) in [5.41, 5.74) is 6.08. The smallest absolute Gasteiger partial charge is 0.125 e. The van der Waals surface area contributed by atoms with Gasteiger partial charge in [-0.05, 0) is 68.1 Å². The lowest BCUT2D eigenvalue weighted by Crippen LogP contribution is -2.17. The van der Waals surface area contributed by atoms with Gasteiger partial charge in [-0.1, -0.05) is 17.7 Å². The van der Waals surface area contributed by atoms with Gasteiger partial charge in [-0.15, -0.1) is 0 Å². The second-order valence-corrected chi connectivity index (χ2v) is 5.71. The molecule has 0 radical (unpaired) electrons. The van der Waals surface area contributed by atoms with Gasteiger partial charge >= 0.3 is 0 Å². The fraction of sp³-hybridized carbons (Fsp3) is 0.333. The Bertz CT molecular complexity index is 608. The highest BCUT2D eigenvalue weighted by Gasteiger charge is 2.16. The Labute approximate surface area is 125 Å². The molecule has 2 rings (SSSR count). The molecule has 2 aromatic rings. The number of aryl methyl sites for hydroxylation is 4. The predicted octanol–water partition coefficient (Wildman–Crippen LogP) is 4.20. The third-order valence-corrected chi connectivity index (χ3v) is 3.65. The molecule has 0 aliphatic rings. The SMILES string of the molecule is Cc1cc(F)cc(NC(CO)c2c(C)cc(C)cc2C)c1. The molecule has 112 valence electrons. The highest BCUT2D eigenvalue weighted by molar-refractivity contribution is 5.50. The van der Waals surface area contributed by atoms with Gasteiger partial charge in [-0.2, -0.15) is 0 Å². The van der Waals surface area contributed by atoms with E-state index in [0.29, 0.717) is 5.69 Å². The number of hydrogen-bond donors (Lipinski definition) is 2. The van der Waals surface area contributed by atoms with Crippen LogP contribution in [0.3, 0.4) is 0 Å². The van der Waals surface area contributed by atoms with Crippen LogP contribution >= 0.6 is 0 Å². The number of halogens is 1. The number of aliphatic hydroxyl groups excluding tert-OH is 1. The van der Waals surface area contributed by atoms with Gasteiger partial charge in [0.1, 0.15) is 5.82 Å². The highest BCUT2D eigenvalue weighted by Crippen LogP contribution is 2.27. The Morgan fingerprint density at radius 1 is 0.952 bits per heavy atom. The Hall–Kier alpha value is -1.87. The standard InChI is InChI=1S/C18H22FNO/c1-11-5-13(3)18(14(4)6-11)17(10-21)20-16-8-12(2)7-15(19)9-16/h5-9,17,20-21H,10H2,1-4H3. The van der Waals surface area contributed by atoms with E-state index in [-0.39, 0.29) is 18.5 Å². The summed E-state index contributed by atoms with van der Waals surface area (Å²) in [7, 11) is 0. The zero-order valence-corrected chi connectivity index (χ0v) is 13.0. The van der Waals surface area contributed by atoms with E-state index in [9.17, 15) is 9.50 Å². The maximum atomic E-state index is 13.5.